The van der Waals surface area contributed by atoms with Gasteiger partial charge < -0.3 is 10.1 Å². The lowest BCUT2D eigenvalue weighted by Gasteiger charge is -2.32. The number of fused-ring (bicyclic) bond motifs is 1. The van der Waals surface area contributed by atoms with Crippen LogP contribution in [0, 0.1) is 0 Å². The van der Waals surface area contributed by atoms with Crippen LogP contribution >= 0.6 is 0 Å². The third-order valence-corrected chi connectivity index (χ3v) is 4.92. The van der Waals surface area contributed by atoms with Crippen molar-refractivity contribution < 1.29 is 13.2 Å². The van der Waals surface area contributed by atoms with Gasteiger partial charge in [0.1, 0.15) is 15.6 Å². The molecule has 0 bridgehead atoms. The van der Waals surface area contributed by atoms with Crippen LogP contribution in [0.5, 0.6) is 5.75 Å². The van der Waals surface area contributed by atoms with Crippen LogP contribution in [0.4, 0.5) is 0 Å². The molecule has 20 heavy (non-hydrogen) atoms. The molecule has 0 radical (unpaired) electrons. The maximum atomic E-state index is 11.2. The molecule has 4 nitrogen and oxygen atoms in total. The lowest BCUT2D eigenvalue weighted by Crippen LogP contribution is -2.35. The maximum absolute atomic E-state index is 11.2. The minimum absolute atomic E-state index is 0.260. The molecule has 1 aromatic rings. The van der Waals surface area contributed by atoms with Crippen molar-refractivity contribution in [3.8, 4) is 5.75 Å². The molecule has 0 amide bonds. The molecule has 0 aliphatic carbocycles. The van der Waals surface area contributed by atoms with E-state index in [9.17, 15) is 8.42 Å². The average Bonchev–Trinajstić information content (AvgIpc) is 2.42. The van der Waals surface area contributed by atoms with E-state index in [1.165, 1.54) is 11.8 Å². The molecule has 1 heterocycles. The summed E-state index contributed by atoms with van der Waals surface area (Å²) in [5.74, 6) is 1.62. The van der Waals surface area contributed by atoms with Crippen molar-refractivity contribution in [2.75, 3.05) is 25.7 Å². The Kier molecular flexibility index (Phi) is 5.05. The van der Waals surface area contributed by atoms with E-state index >= 15 is 0 Å². The van der Waals surface area contributed by atoms with E-state index in [0.717, 1.165) is 25.2 Å². The first-order valence-electron chi connectivity index (χ1n) is 7.08. The summed E-state index contributed by atoms with van der Waals surface area (Å²) >= 11 is 0. The first-order valence-corrected chi connectivity index (χ1v) is 9.14. The summed E-state index contributed by atoms with van der Waals surface area (Å²) in [6.07, 6.45) is 3.83. The molecule has 1 aliphatic heterocycles. The average molecular weight is 297 g/mol. The highest BCUT2D eigenvalue weighted by atomic mass is 32.2. The van der Waals surface area contributed by atoms with Gasteiger partial charge in [-0.3, -0.25) is 0 Å². The quantitative estimate of drug-likeness (QED) is 0.872. The fourth-order valence-corrected chi connectivity index (χ4v) is 3.59. The van der Waals surface area contributed by atoms with Crippen molar-refractivity contribution in [2.24, 2.45) is 0 Å². The van der Waals surface area contributed by atoms with Crippen LogP contribution < -0.4 is 10.1 Å². The number of para-hydroxylation sites is 1. The van der Waals surface area contributed by atoms with Gasteiger partial charge in [-0.2, -0.15) is 0 Å². The van der Waals surface area contributed by atoms with Crippen LogP contribution in [-0.2, 0) is 9.84 Å². The van der Waals surface area contributed by atoms with Crippen molar-refractivity contribution >= 4 is 9.84 Å². The van der Waals surface area contributed by atoms with Gasteiger partial charge in [-0.1, -0.05) is 18.2 Å². The van der Waals surface area contributed by atoms with Gasteiger partial charge in [0.15, 0.2) is 0 Å². The number of hydrogen-bond donors (Lipinski definition) is 1. The molecule has 1 aromatic carbocycles. The summed E-state index contributed by atoms with van der Waals surface area (Å²) in [4.78, 5) is 0. The molecule has 112 valence electrons. The maximum Gasteiger partial charge on any atom is 0.147 e. The van der Waals surface area contributed by atoms with Crippen molar-refractivity contribution in [2.45, 2.75) is 31.2 Å². The fourth-order valence-electron chi connectivity index (χ4n) is 2.90. The standard InChI is InChI=1S/C15H23NO3S/c1-16-14(7-5-11-20(2,17)18)12-9-10-19-15-8-4-3-6-13(12)15/h3-4,6,8,12,14,16H,5,7,9-11H2,1-2H3. The zero-order valence-corrected chi connectivity index (χ0v) is 12.9. The molecule has 0 saturated carbocycles. The zero-order valence-electron chi connectivity index (χ0n) is 12.1. The normalized spacial score (nSPS) is 20.0. The second kappa shape index (κ2) is 6.59. The molecule has 1 aliphatic rings. The minimum atomic E-state index is -2.87. The lowest BCUT2D eigenvalue weighted by molar-refractivity contribution is 0.244. The number of ether oxygens (including phenoxy) is 1. The molecular formula is C15H23NO3S. The van der Waals surface area contributed by atoms with E-state index in [2.05, 4.69) is 11.4 Å². The SMILES string of the molecule is CNC(CCCS(C)(=O)=O)C1CCOc2ccccc21. The van der Waals surface area contributed by atoms with Crippen LogP contribution in [-0.4, -0.2) is 40.1 Å². The first-order chi connectivity index (χ1) is 9.51. The minimum Gasteiger partial charge on any atom is -0.493 e. The highest BCUT2D eigenvalue weighted by Crippen LogP contribution is 2.36. The first kappa shape index (κ1) is 15.3. The Balaban J connectivity index is 2.05. The summed E-state index contributed by atoms with van der Waals surface area (Å²) in [6.45, 7) is 0.728. The molecule has 0 saturated heterocycles. The Morgan fingerprint density at radius 1 is 1.40 bits per heavy atom. The molecule has 0 fully saturated rings. The van der Waals surface area contributed by atoms with Crippen molar-refractivity contribution in [3.63, 3.8) is 0 Å². The monoisotopic (exact) mass is 297 g/mol. The Bertz CT molecular complexity index is 542. The number of benzene rings is 1. The van der Waals surface area contributed by atoms with E-state index in [4.69, 9.17) is 4.74 Å². The molecule has 2 rings (SSSR count). The zero-order chi connectivity index (χ0) is 14.6. The van der Waals surface area contributed by atoms with Gasteiger partial charge in [0.05, 0.1) is 6.61 Å². The molecule has 0 spiro atoms. The predicted octanol–water partition coefficient (Wildman–Crippen LogP) is 1.97. The largest absolute Gasteiger partial charge is 0.493 e. The van der Waals surface area contributed by atoms with Gasteiger partial charge in [-0.15, -0.1) is 0 Å². The highest BCUT2D eigenvalue weighted by molar-refractivity contribution is 7.90. The third kappa shape index (κ3) is 3.96. The summed E-state index contributed by atoms with van der Waals surface area (Å²) in [5, 5.41) is 3.35. The third-order valence-electron chi connectivity index (χ3n) is 3.89. The van der Waals surface area contributed by atoms with Gasteiger partial charge in [-0.05, 0) is 37.9 Å². The van der Waals surface area contributed by atoms with Gasteiger partial charge in [0, 0.05) is 24.0 Å². The van der Waals surface area contributed by atoms with Crippen molar-refractivity contribution in [1.29, 1.82) is 0 Å². The van der Waals surface area contributed by atoms with Gasteiger partial charge in [0.2, 0.25) is 0 Å². The molecule has 2 unspecified atom stereocenters. The summed E-state index contributed by atoms with van der Waals surface area (Å²) < 4.78 is 28.2. The molecular weight excluding hydrogens is 274 g/mol. The Morgan fingerprint density at radius 3 is 2.85 bits per heavy atom. The van der Waals surface area contributed by atoms with Crippen LogP contribution in [0.3, 0.4) is 0 Å². The van der Waals surface area contributed by atoms with Crippen LogP contribution in [0.1, 0.15) is 30.7 Å². The number of sulfone groups is 1. The number of nitrogens with one attached hydrogen (secondary N) is 1. The molecule has 2 atom stereocenters. The van der Waals surface area contributed by atoms with E-state index in [1.807, 2.05) is 25.2 Å². The Morgan fingerprint density at radius 2 is 2.15 bits per heavy atom. The molecule has 1 N–H and O–H groups in total. The van der Waals surface area contributed by atoms with E-state index in [0.29, 0.717) is 18.4 Å². The number of likely N-dealkylation sites (N-methyl/N-ethyl adjacent to an activating group) is 1. The van der Waals surface area contributed by atoms with Crippen LogP contribution in [0.15, 0.2) is 24.3 Å². The van der Waals surface area contributed by atoms with Gasteiger partial charge >= 0.3 is 0 Å². The van der Waals surface area contributed by atoms with Crippen LogP contribution in [0.25, 0.3) is 0 Å². The second-order valence-electron chi connectivity index (χ2n) is 5.45. The van der Waals surface area contributed by atoms with Crippen molar-refractivity contribution in [1.82, 2.24) is 5.32 Å². The summed E-state index contributed by atoms with van der Waals surface area (Å²) in [7, 11) is -0.924. The topological polar surface area (TPSA) is 55.4 Å². The molecule has 0 aromatic heterocycles. The van der Waals surface area contributed by atoms with Gasteiger partial charge in [-0.25, -0.2) is 8.42 Å². The Labute approximate surface area is 121 Å². The van der Waals surface area contributed by atoms with Gasteiger partial charge in [0.25, 0.3) is 0 Å². The predicted molar refractivity (Wildman–Crippen MR) is 81.1 cm³/mol. The van der Waals surface area contributed by atoms with Crippen molar-refractivity contribution in [3.05, 3.63) is 29.8 Å². The smallest absolute Gasteiger partial charge is 0.147 e. The second-order valence-corrected chi connectivity index (χ2v) is 7.71. The van der Waals surface area contributed by atoms with Crippen LogP contribution in [0.2, 0.25) is 0 Å². The lowest BCUT2D eigenvalue weighted by atomic mass is 9.84. The van der Waals surface area contributed by atoms with E-state index < -0.39 is 9.84 Å². The summed E-state index contributed by atoms with van der Waals surface area (Å²) in [6, 6.07) is 8.43. The number of hydrogen-bond acceptors (Lipinski definition) is 4. The van der Waals surface area contributed by atoms with E-state index in [1.54, 1.807) is 0 Å². The summed E-state index contributed by atoms with van der Waals surface area (Å²) in [5.41, 5.74) is 1.23. The number of rotatable bonds is 6. The Hall–Kier alpha value is -1.07. The fraction of sp³-hybridized carbons (Fsp3) is 0.600. The highest BCUT2D eigenvalue weighted by Gasteiger charge is 2.27. The molecule has 5 heteroatoms. The van der Waals surface area contributed by atoms with E-state index in [-0.39, 0.29) is 5.75 Å².